The molecule has 19 heavy (non-hydrogen) atoms. The number of nitrogens with two attached hydrogens (primary N) is 1. The molecule has 1 amide bonds. The van der Waals surface area contributed by atoms with E-state index in [1.807, 2.05) is 0 Å². The van der Waals surface area contributed by atoms with Crippen LogP contribution in [0.25, 0.3) is 0 Å². The number of nitrogens with zero attached hydrogens (tertiary/aromatic N) is 1. The van der Waals surface area contributed by atoms with E-state index >= 15 is 0 Å². The maximum absolute atomic E-state index is 13.0. The fraction of sp³-hybridized carbons (Fsp3) is 0.462. The van der Waals surface area contributed by atoms with Crippen molar-refractivity contribution in [2.24, 2.45) is 5.73 Å². The van der Waals surface area contributed by atoms with Gasteiger partial charge in [-0.15, -0.1) is 0 Å². The Morgan fingerprint density at radius 3 is 2.79 bits per heavy atom. The third kappa shape index (κ3) is 4.78. The molecule has 0 aromatic heterocycles. The van der Waals surface area contributed by atoms with Crippen LogP contribution < -0.4 is 5.73 Å². The highest BCUT2D eigenvalue weighted by Gasteiger charge is 2.18. The summed E-state index contributed by atoms with van der Waals surface area (Å²) in [6.07, 6.45) is 0. The van der Waals surface area contributed by atoms with Crippen LogP contribution in [0, 0.1) is 5.82 Å². The second-order valence-electron chi connectivity index (χ2n) is 4.28. The van der Waals surface area contributed by atoms with Gasteiger partial charge in [-0.25, -0.2) is 4.39 Å². The minimum Gasteiger partial charge on any atom is -0.383 e. The van der Waals surface area contributed by atoms with Crippen LogP contribution in [0.1, 0.15) is 12.5 Å². The maximum atomic E-state index is 13.0. The van der Waals surface area contributed by atoms with Crippen LogP contribution in [0.3, 0.4) is 0 Å². The number of halogens is 2. The topological polar surface area (TPSA) is 55.6 Å². The molecular weight excluding hydrogens is 271 g/mol. The Balaban J connectivity index is 2.84. The molecule has 6 heteroatoms. The number of rotatable bonds is 6. The van der Waals surface area contributed by atoms with Crippen LogP contribution in [0.15, 0.2) is 18.2 Å². The molecule has 0 radical (unpaired) electrons. The molecule has 0 saturated carbocycles. The summed E-state index contributed by atoms with van der Waals surface area (Å²) in [5.74, 6) is -0.604. The lowest BCUT2D eigenvalue weighted by atomic mass is 10.2. The van der Waals surface area contributed by atoms with E-state index in [0.29, 0.717) is 23.7 Å². The molecule has 0 aliphatic carbocycles. The monoisotopic (exact) mass is 288 g/mol. The van der Waals surface area contributed by atoms with Crippen molar-refractivity contribution in [2.75, 3.05) is 20.3 Å². The summed E-state index contributed by atoms with van der Waals surface area (Å²) in [6.45, 7) is 2.71. The fourth-order valence-electron chi connectivity index (χ4n) is 1.61. The van der Waals surface area contributed by atoms with Crippen molar-refractivity contribution in [1.29, 1.82) is 0 Å². The zero-order valence-corrected chi connectivity index (χ0v) is 11.8. The van der Waals surface area contributed by atoms with E-state index in [-0.39, 0.29) is 12.5 Å². The lowest BCUT2D eigenvalue weighted by Crippen LogP contribution is -2.43. The zero-order chi connectivity index (χ0) is 14.4. The number of methoxy groups -OCH3 is 1. The van der Waals surface area contributed by atoms with Gasteiger partial charge in [-0.05, 0) is 24.6 Å². The summed E-state index contributed by atoms with van der Waals surface area (Å²) in [4.78, 5) is 13.5. The van der Waals surface area contributed by atoms with Gasteiger partial charge in [0.15, 0.2) is 0 Å². The van der Waals surface area contributed by atoms with Gasteiger partial charge in [0.05, 0.1) is 12.6 Å². The van der Waals surface area contributed by atoms with E-state index in [0.717, 1.165) is 0 Å². The highest BCUT2D eigenvalue weighted by Crippen LogP contribution is 2.19. The molecule has 1 atom stereocenters. The Kier molecular flexibility index (Phi) is 6.21. The molecular formula is C13H18ClFN2O2. The summed E-state index contributed by atoms with van der Waals surface area (Å²) in [6, 6.07) is 3.50. The molecule has 1 aromatic rings. The Morgan fingerprint density at radius 1 is 1.58 bits per heavy atom. The van der Waals surface area contributed by atoms with Crippen LogP contribution >= 0.6 is 11.6 Å². The van der Waals surface area contributed by atoms with E-state index in [4.69, 9.17) is 22.1 Å². The highest BCUT2D eigenvalue weighted by atomic mass is 35.5. The normalized spacial score (nSPS) is 12.3. The average Bonchev–Trinajstić information content (AvgIpc) is 2.36. The second-order valence-corrected chi connectivity index (χ2v) is 4.68. The minimum atomic E-state index is -0.601. The SMILES string of the molecule is COCCN(Cc1ccc(F)cc1Cl)C(=O)[C@@H](C)N. The summed E-state index contributed by atoms with van der Waals surface area (Å²) in [5, 5.41) is 0.292. The van der Waals surface area contributed by atoms with Crippen LogP contribution in [0.2, 0.25) is 5.02 Å². The molecule has 0 aliphatic heterocycles. The van der Waals surface area contributed by atoms with Gasteiger partial charge in [-0.1, -0.05) is 17.7 Å². The van der Waals surface area contributed by atoms with E-state index in [1.54, 1.807) is 25.0 Å². The molecule has 1 rings (SSSR count). The summed E-state index contributed by atoms with van der Waals surface area (Å²) in [5.41, 5.74) is 6.27. The Morgan fingerprint density at radius 2 is 2.26 bits per heavy atom. The third-order valence-electron chi connectivity index (χ3n) is 2.64. The standard InChI is InChI=1S/C13H18ClFN2O2/c1-9(16)13(18)17(5-6-19-2)8-10-3-4-11(15)7-12(10)14/h3-4,7,9H,5-6,8,16H2,1-2H3/t9-/m1/s1. The Hall–Kier alpha value is -1.17. The van der Waals surface area contributed by atoms with E-state index in [9.17, 15) is 9.18 Å². The van der Waals surface area contributed by atoms with Crippen molar-refractivity contribution in [3.8, 4) is 0 Å². The van der Waals surface area contributed by atoms with E-state index in [2.05, 4.69) is 0 Å². The molecule has 0 heterocycles. The minimum absolute atomic E-state index is 0.197. The number of benzene rings is 1. The highest BCUT2D eigenvalue weighted by molar-refractivity contribution is 6.31. The Labute approximate surface area is 117 Å². The first kappa shape index (κ1) is 15.9. The predicted octanol–water partition coefficient (Wildman–Crippen LogP) is 1.80. The van der Waals surface area contributed by atoms with Crippen molar-refractivity contribution < 1.29 is 13.9 Å². The lowest BCUT2D eigenvalue weighted by molar-refractivity contribution is -0.133. The Bertz CT molecular complexity index is 441. The maximum Gasteiger partial charge on any atom is 0.239 e. The molecule has 0 saturated heterocycles. The lowest BCUT2D eigenvalue weighted by Gasteiger charge is -2.24. The van der Waals surface area contributed by atoms with Crippen molar-refractivity contribution >= 4 is 17.5 Å². The van der Waals surface area contributed by atoms with Gasteiger partial charge >= 0.3 is 0 Å². The van der Waals surface area contributed by atoms with Crippen molar-refractivity contribution in [2.45, 2.75) is 19.5 Å². The van der Waals surface area contributed by atoms with Gasteiger partial charge in [0.2, 0.25) is 5.91 Å². The van der Waals surface area contributed by atoms with Gasteiger partial charge in [0, 0.05) is 25.2 Å². The van der Waals surface area contributed by atoms with Crippen LogP contribution in [0.4, 0.5) is 4.39 Å². The molecule has 0 aliphatic rings. The quantitative estimate of drug-likeness (QED) is 0.868. The zero-order valence-electron chi connectivity index (χ0n) is 11.0. The fourth-order valence-corrected chi connectivity index (χ4v) is 1.84. The van der Waals surface area contributed by atoms with Gasteiger partial charge in [0.1, 0.15) is 5.82 Å². The molecule has 0 fully saturated rings. The van der Waals surface area contributed by atoms with Crippen LogP contribution in [-0.2, 0) is 16.1 Å². The van der Waals surface area contributed by atoms with E-state index < -0.39 is 11.9 Å². The van der Waals surface area contributed by atoms with E-state index in [1.165, 1.54) is 12.1 Å². The molecule has 1 aromatic carbocycles. The van der Waals surface area contributed by atoms with Crippen molar-refractivity contribution in [1.82, 2.24) is 4.90 Å². The number of hydrogen-bond acceptors (Lipinski definition) is 3. The molecule has 0 bridgehead atoms. The summed E-state index contributed by atoms with van der Waals surface area (Å²) in [7, 11) is 1.55. The van der Waals surface area contributed by atoms with Crippen LogP contribution in [0.5, 0.6) is 0 Å². The van der Waals surface area contributed by atoms with Gasteiger partial charge < -0.3 is 15.4 Å². The van der Waals surface area contributed by atoms with Crippen molar-refractivity contribution in [3.63, 3.8) is 0 Å². The third-order valence-corrected chi connectivity index (χ3v) is 2.99. The van der Waals surface area contributed by atoms with Gasteiger partial charge in [0.25, 0.3) is 0 Å². The molecule has 2 N–H and O–H groups in total. The first-order chi connectivity index (χ1) is 8.95. The number of ether oxygens (including phenoxy) is 1. The number of hydrogen-bond donors (Lipinski definition) is 1. The number of carbonyl (C=O) groups is 1. The molecule has 0 spiro atoms. The van der Waals surface area contributed by atoms with Crippen molar-refractivity contribution in [3.05, 3.63) is 34.6 Å². The van der Waals surface area contributed by atoms with Gasteiger partial charge in [-0.3, -0.25) is 4.79 Å². The summed E-state index contributed by atoms with van der Waals surface area (Å²) < 4.78 is 17.9. The van der Waals surface area contributed by atoms with Gasteiger partial charge in [-0.2, -0.15) is 0 Å². The smallest absolute Gasteiger partial charge is 0.239 e. The molecule has 106 valence electrons. The largest absolute Gasteiger partial charge is 0.383 e. The first-order valence-electron chi connectivity index (χ1n) is 5.93. The number of carbonyl (C=O) groups excluding carboxylic acids is 1. The van der Waals surface area contributed by atoms with Crippen LogP contribution in [-0.4, -0.2) is 37.1 Å². The molecule has 0 unspecified atom stereocenters. The average molecular weight is 289 g/mol. The summed E-state index contributed by atoms with van der Waals surface area (Å²) >= 11 is 5.95. The molecule has 4 nitrogen and oxygen atoms in total. The second kappa shape index (κ2) is 7.43. The first-order valence-corrected chi connectivity index (χ1v) is 6.30. The predicted molar refractivity (Wildman–Crippen MR) is 72.4 cm³/mol. The number of amides is 1.